The van der Waals surface area contributed by atoms with Gasteiger partial charge in [-0.25, -0.2) is 9.79 Å². The van der Waals surface area contributed by atoms with Crippen molar-refractivity contribution in [2.24, 2.45) is 4.99 Å². The van der Waals surface area contributed by atoms with Gasteiger partial charge in [0.25, 0.3) is 0 Å². The third-order valence-electron chi connectivity index (χ3n) is 3.99. The summed E-state index contributed by atoms with van der Waals surface area (Å²) in [5, 5.41) is 10.8. The van der Waals surface area contributed by atoms with E-state index in [2.05, 4.69) is 37.4 Å². The Morgan fingerprint density at radius 1 is 1.27 bits per heavy atom. The minimum atomic E-state index is -0.533. The van der Waals surface area contributed by atoms with Crippen LogP contribution in [0.1, 0.15) is 45.2 Å². The molecule has 0 aromatic carbocycles. The molecule has 0 aliphatic carbocycles. The number of pyridine rings is 1. The van der Waals surface area contributed by atoms with Crippen molar-refractivity contribution in [3.63, 3.8) is 0 Å². The molecule has 0 bridgehead atoms. The van der Waals surface area contributed by atoms with Gasteiger partial charge in [0.2, 0.25) is 0 Å². The lowest BCUT2D eigenvalue weighted by molar-refractivity contribution is 0.0232. The number of thiophene rings is 1. The van der Waals surface area contributed by atoms with Crippen LogP contribution in [0.3, 0.4) is 0 Å². The minimum Gasteiger partial charge on any atom is -0.444 e. The number of aromatic nitrogens is 1. The molecule has 7 nitrogen and oxygen atoms in total. The van der Waals surface area contributed by atoms with Crippen LogP contribution in [0, 0.1) is 0 Å². The van der Waals surface area contributed by atoms with E-state index in [1.54, 1.807) is 28.6 Å². The van der Waals surface area contributed by atoms with Gasteiger partial charge in [-0.2, -0.15) is 11.3 Å². The summed E-state index contributed by atoms with van der Waals surface area (Å²) in [4.78, 5) is 23.1. The van der Waals surface area contributed by atoms with Crippen LogP contribution in [-0.4, -0.2) is 47.2 Å². The molecular formula is C22H33N5O2S. The van der Waals surface area contributed by atoms with Crippen molar-refractivity contribution in [3.8, 4) is 0 Å². The van der Waals surface area contributed by atoms with E-state index in [0.29, 0.717) is 26.2 Å². The average molecular weight is 432 g/mol. The minimum absolute atomic E-state index is 0.315. The monoisotopic (exact) mass is 431 g/mol. The highest BCUT2D eigenvalue weighted by Gasteiger charge is 2.22. The highest BCUT2D eigenvalue weighted by Crippen LogP contribution is 2.13. The first-order chi connectivity index (χ1) is 14.4. The van der Waals surface area contributed by atoms with E-state index < -0.39 is 5.60 Å². The van der Waals surface area contributed by atoms with Gasteiger partial charge in [0.1, 0.15) is 5.60 Å². The van der Waals surface area contributed by atoms with Crippen molar-refractivity contribution in [2.45, 2.75) is 52.8 Å². The summed E-state index contributed by atoms with van der Waals surface area (Å²) in [6.45, 7) is 10.8. The highest BCUT2D eigenvalue weighted by molar-refractivity contribution is 7.07. The predicted molar refractivity (Wildman–Crippen MR) is 123 cm³/mol. The number of guanidine groups is 1. The lowest BCUT2D eigenvalue weighted by Crippen LogP contribution is -2.40. The van der Waals surface area contributed by atoms with E-state index in [1.165, 1.54) is 5.56 Å². The Labute approximate surface area is 183 Å². The molecule has 30 heavy (non-hydrogen) atoms. The average Bonchev–Trinajstić information content (AvgIpc) is 3.21. The molecule has 0 fully saturated rings. The van der Waals surface area contributed by atoms with Crippen LogP contribution in [-0.2, 0) is 17.8 Å². The summed E-state index contributed by atoms with van der Waals surface area (Å²) >= 11 is 1.67. The fourth-order valence-electron chi connectivity index (χ4n) is 2.64. The van der Waals surface area contributed by atoms with Gasteiger partial charge >= 0.3 is 6.09 Å². The zero-order valence-corrected chi connectivity index (χ0v) is 19.2. The van der Waals surface area contributed by atoms with Gasteiger partial charge in [-0.3, -0.25) is 4.98 Å². The number of hydrogen-bond donors (Lipinski definition) is 2. The number of carbonyl (C=O) groups excluding carboxylic acids is 1. The molecule has 2 aromatic heterocycles. The number of rotatable bonds is 9. The molecule has 2 heterocycles. The van der Waals surface area contributed by atoms with Crippen molar-refractivity contribution in [1.82, 2.24) is 20.5 Å². The number of nitrogens with one attached hydrogen (secondary N) is 2. The predicted octanol–water partition coefficient (Wildman–Crippen LogP) is 4.03. The number of amides is 1. The van der Waals surface area contributed by atoms with Gasteiger partial charge in [-0.15, -0.1) is 0 Å². The Kier molecular flexibility index (Phi) is 9.60. The lowest BCUT2D eigenvalue weighted by Gasteiger charge is -2.27. The van der Waals surface area contributed by atoms with Gasteiger partial charge in [-0.1, -0.05) is 6.07 Å². The standard InChI is InChI=1S/C22H33N5O2S/c1-5-24-20(26-15-19-9-13-30-17-19)25-11-7-12-27(21(28)29-22(2,3)4)16-18-8-6-10-23-14-18/h6,8-10,13-14,17H,5,7,11-12,15-16H2,1-4H3,(H2,24,25,26). The third kappa shape index (κ3) is 9.26. The first-order valence-electron chi connectivity index (χ1n) is 10.3. The summed E-state index contributed by atoms with van der Waals surface area (Å²) in [6, 6.07) is 5.91. The SMILES string of the molecule is CCNC(=NCc1ccsc1)NCCCN(Cc1cccnc1)C(=O)OC(C)(C)C. The fraction of sp³-hybridized carbons (Fsp3) is 0.500. The Morgan fingerprint density at radius 3 is 2.73 bits per heavy atom. The van der Waals surface area contributed by atoms with E-state index in [-0.39, 0.29) is 6.09 Å². The smallest absolute Gasteiger partial charge is 0.410 e. The van der Waals surface area contributed by atoms with E-state index in [9.17, 15) is 4.79 Å². The topological polar surface area (TPSA) is 78.9 Å². The molecule has 0 aliphatic heterocycles. The molecular weight excluding hydrogens is 398 g/mol. The van der Waals surface area contributed by atoms with Crippen LogP contribution in [0.5, 0.6) is 0 Å². The van der Waals surface area contributed by atoms with Crippen LogP contribution >= 0.6 is 11.3 Å². The van der Waals surface area contributed by atoms with E-state index in [1.807, 2.05) is 39.8 Å². The Morgan fingerprint density at radius 2 is 2.10 bits per heavy atom. The second kappa shape index (κ2) is 12.2. The quantitative estimate of drug-likeness (QED) is 0.356. The zero-order chi connectivity index (χ0) is 21.8. The van der Waals surface area contributed by atoms with Crippen LogP contribution in [0.15, 0.2) is 46.3 Å². The largest absolute Gasteiger partial charge is 0.444 e. The van der Waals surface area contributed by atoms with E-state index in [4.69, 9.17) is 4.74 Å². The molecule has 8 heteroatoms. The van der Waals surface area contributed by atoms with Crippen LogP contribution in [0.4, 0.5) is 4.79 Å². The summed E-state index contributed by atoms with van der Waals surface area (Å²) in [5.74, 6) is 0.778. The Balaban J connectivity index is 1.89. The number of nitrogens with zero attached hydrogens (tertiary/aromatic N) is 3. The molecule has 0 radical (unpaired) electrons. The number of aliphatic imine (C=N–C) groups is 1. The van der Waals surface area contributed by atoms with Gasteiger partial charge < -0.3 is 20.3 Å². The molecule has 0 saturated carbocycles. The lowest BCUT2D eigenvalue weighted by atomic mass is 10.2. The van der Waals surface area contributed by atoms with Crippen LogP contribution in [0.25, 0.3) is 0 Å². The summed E-state index contributed by atoms with van der Waals surface area (Å²) in [6.07, 6.45) is 3.95. The normalized spacial score (nSPS) is 11.8. The maximum absolute atomic E-state index is 12.7. The molecule has 0 saturated heterocycles. The maximum atomic E-state index is 12.7. The van der Waals surface area contributed by atoms with Gasteiger partial charge in [0.15, 0.2) is 5.96 Å². The number of ether oxygens (including phenoxy) is 1. The van der Waals surface area contributed by atoms with E-state index >= 15 is 0 Å². The summed E-state index contributed by atoms with van der Waals surface area (Å²) in [7, 11) is 0. The second-order valence-corrected chi connectivity index (χ2v) is 8.65. The zero-order valence-electron chi connectivity index (χ0n) is 18.4. The molecule has 2 rings (SSSR count). The van der Waals surface area contributed by atoms with Gasteiger partial charge in [0, 0.05) is 32.0 Å². The molecule has 0 unspecified atom stereocenters. The molecule has 2 aromatic rings. The maximum Gasteiger partial charge on any atom is 0.410 e. The Hall–Kier alpha value is -2.61. The molecule has 0 atom stereocenters. The van der Waals surface area contributed by atoms with Crippen molar-refractivity contribution >= 4 is 23.4 Å². The van der Waals surface area contributed by atoms with E-state index in [0.717, 1.165) is 24.5 Å². The molecule has 164 valence electrons. The third-order valence-corrected chi connectivity index (χ3v) is 4.72. The molecule has 1 amide bonds. The number of hydrogen-bond acceptors (Lipinski definition) is 5. The van der Waals surface area contributed by atoms with Crippen molar-refractivity contribution < 1.29 is 9.53 Å². The van der Waals surface area contributed by atoms with Crippen LogP contribution in [0.2, 0.25) is 0 Å². The second-order valence-electron chi connectivity index (χ2n) is 7.87. The van der Waals surface area contributed by atoms with Gasteiger partial charge in [0.05, 0.1) is 13.1 Å². The van der Waals surface area contributed by atoms with Crippen LogP contribution < -0.4 is 10.6 Å². The molecule has 0 aliphatic rings. The molecule has 2 N–H and O–H groups in total. The van der Waals surface area contributed by atoms with Crippen molar-refractivity contribution in [1.29, 1.82) is 0 Å². The number of carbonyl (C=O) groups is 1. The highest BCUT2D eigenvalue weighted by atomic mass is 32.1. The first-order valence-corrected chi connectivity index (χ1v) is 11.2. The summed E-state index contributed by atoms with van der Waals surface area (Å²) in [5.41, 5.74) is 1.64. The summed E-state index contributed by atoms with van der Waals surface area (Å²) < 4.78 is 5.58. The first kappa shape index (κ1) is 23.7. The molecule has 0 spiro atoms. The Bertz CT molecular complexity index is 773. The van der Waals surface area contributed by atoms with Crippen molar-refractivity contribution in [2.75, 3.05) is 19.6 Å². The van der Waals surface area contributed by atoms with Gasteiger partial charge in [-0.05, 0) is 68.1 Å². The fourth-order valence-corrected chi connectivity index (χ4v) is 3.30. The van der Waals surface area contributed by atoms with Crippen molar-refractivity contribution in [3.05, 3.63) is 52.5 Å².